The third kappa shape index (κ3) is 73.3. The molecule has 102 heavy (non-hydrogen) atoms. The largest absolute Gasteiger partial charge is 0.472 e. The van der Waals surface area contributed by atoms with Gasteiger partial charge in [-0.3, -0.25) is 37.3 Å². The van der Waals surface area contributed by atoms with Crippen LogP contribution in [-0.4, -0.2) is 96.7 Å². The first kappa shape index (κ1) is 96.9. The molecular weight excluding hydrogens is 1330 g/mol. The van der Waals surface area contributed by atoms with Crippen LogP contribution in [-0.2, 0) is 65.4 Å². The van der Waals surface area contributed by atoms with Crippen LogP contribution in [0, 0.1) is 0 Å². The van der Waals surface area contributed by atoms with E-state index in [1.165, 1.54) is 12.8 Å². The molecule has 0 rings (SSSR count). The maximum atomic E-state index is 13.1. The van der Waals surface area contributed by atoms with Crippen LogP contribution in [0.15, 0.2) is 146 Å². The second-order valence-corrected chi connectivity index (χ2v) is 28.4. The number of hydrogen-bond acceptors (Lipinski definition) is 15. The van der Waals surface area contributed by atoms with Gasteiger partial charge in [0.2, 0.25) is 0 Å². The maximum Gasteiger partial charge on any atom is 0.472 e. The number of rotatable bonds is 72. The first-order valence-corrected chi connectivity index (χ1v) is 42.1. The normalized spacial score (nSPS) is 14.7. The zero-order valence-electron chi connectivity index (χ0n) is 63.5. The Bertz CT molecular complexity index is 2510. The molecule has 0 spiro atoms. The molecule has 0 fully saturated rings. The van der Waals surface area contributed by atoms with E-state index in [0.29, 0.717) is 25.7 Å². The van der Waals surface area contributed by atoms with Gasteiger partial charge in [0.1, 0.15) is 19.3 Å². The number of aliphatic hydroxyl groups excluding tert-OH is 1. The molecule has 5 unspecified atom stereocenters. The van der Waals surface area contributed by atoms with Crippen molar-refractivity contribution in [1.82, 2.24) is 0 Å². The van der Waals surface area contributed by atoms with Crippen molar-refractivity contribution in [1.29, 1.82) is 0 Å². The fourth-order valence-electron chi connectivity index (χ4n) is 9.90. The average Bonchev–Trinajstić information content (AvgIpc) is 0.926. The van der Waals surface area contributed by atoms with Crippen LogP contribution < -0.4 is 0 Å². The number of allylic oxidation sites excluding steroid dienone is 24. The van der Waals surface area contributed by atoms with Gasteiger partial charge in [-0.05, 0) is 154 Å². The molecule has 0 heterocycles. The quantitative estimate of drug-likeness (QED) is 0.0169. The lowest BCUT2D eigenvalue weighted by Gasteiger charge is -2.21. The van der Waals surface area contributed by atoms with Gasteiger partial charge in [-0.1, -0.05) is 263 Å². The minimum atomic E-state index is -4.99. The second-order valence-electron chi connectivity index (χ2n) is 25.5. The zero-order valence-corrected chi connectivity index (χ0v) is 65.3. The molecule has 19 heteroatoms. The fourth-order valence-corrected chi connectivity index (χ4v) is 11.5. The monoisotopic (exact) mass is 1470 g/mol. The van der Waals surface area contributed by atoms with Crippen LogP contribution >= 0.6 is 15.6 Å². The summed E-state index contributed by atoms with van der Waals surface area (Å²) in [5.74, 6) is -2.25. The molecule has 0 aromatic heterocycles. The van der Waals surface area contributed by atoms with Gasteiger partial charge in [-0.25, -0.2) is 9.13 Å². The van der Waals surface area contributed by atoms with E-state index in [0.717, 1.165) is 205 Å². The van der Waals surface area contributed by atoms with E-state index in [9.17, 15) is 43.2 Å². The number of phosphoric acid groups is 2. The van der Waals surface area contributed by atoms with Crippen molar-refractivity contribution in [3.05, 3.63) is 146 Å². The van der Waals surface area contributed by atoms with Crippen molar-refractivity contribution in [3.8, 4) is 0 Å². The van der Waals surface area contributed by atoms with E-state index in [4.69, 9.17) is 37.0 Å². The molecule has 3 N–H and O–H groups in total. The summed E-state index contributed by atoms with van der Waals surface area (Å²) in [7, 11) is -9.98. The average molecular weight is 1470 g/mol. The SMILES string of the molecule is CC/C=C\C/C=C\C/C=C\C/C=C\CCCCCCCCC(=O)OCC(COP(=O)(O)OCC(O)COP(=O)(O)OCC(COC(=O)CCCCCC/C=C\C/C=C\C/C=C\C/C=C\CC)OC(=O)CCCCCCC/C=C\C/C=C\C/C=C\CC)OC(=O)CCCCCCC/C=C\CCCC. The number of hydrogen-bond donors (Lipinski definition) is 3. The molecule has 0 bridgehead atoms. The molecule has 0 aromatic carbocycles. The van der Waals surface area contributed by atoms with E-state index in [1.807, 2.05) is 0 Å². The van der Waals surface area contributed by atoms with Crippen LogP contribution in [0.4, 0.5) is 0 Å². The Morgan fingerprint density at radius 3 is 0.794 bits per heavy atom. The number of phosphoric ester groups is 2. The number of aliphatic hydroxyl groups is 1. The number of carbonyl (C=O) groups is 4. The minimum Gasteiger partial charge on any atom is -0.462 e. The van der Waals surface area contributed by atoms with Gasteiger partial charge >= 0.3 is 39.5 Å². The molecule has 0 saturated heterocycles. The van der Waals surface area contributed by atoms with E-state index in [-0.39, 0.29) is 25.7 Å². The summed E-state index contributed by atoms with van der Waals surface area (Å²) in [6, 6.07) is 0. The summed E-state index contributed by atoms with van der Waals surface area (Å²) in [4.78, 5) is 72.9. The number of esters is 4. The predicted octanol–water partition coefficient (Wildman–Crippen LogP) is 22.7. The van der Waals surface area contributed by atoms with Gasteiger partial charge < -0.3 is 33.8 Å². The number of unbranched alkanes of at least 4 members (excludes halogenated alkanes) is 22. The van der Waals surface area contributed by atoms with Crippen LogP contribution in [0.25, 0.3) is 0 Å². The molecule has 0 radical (unpaired) electrons. The Labute approximate surface area is 617 Å². The molecular formula is C83H138O17P2. The highest BCUT2D eigenvalue weighted by Gasteiger charge is 2.30. The standard InChI is InChI=1S/C83H138O17P2/c1-5-9-13-17-21-25-29-32-35-37-38-40-43-45-49-52-56-60-64-68-80(85)93-73-78(99-82(87)69-65-61-57-53-47-28-24-20-16-12-8-4)75-97-101(89,90)95-71-77(84)72-96-102(91,92)98-76-79(100-83(88)70-66-62-58-54-50-46-41-34-31-27-23-19-15-11-7-3)74-94-81(86)67-63-59-55-51-48-44-42-39-36-33-30-26-22-18-14-10-6-2/h9-11,13-15,20-27,32-36,38,40-42,44,77-79,84H,5-8,12,16-19,28-31,37,39,43,45-76H2,1-4H3,(H,89,90)(H,91,92)/b13-9-,14-10-,15-11-,24-20-,25-21-,26-22-,27-23-,35-32-,36-33-,40-38-,41-34-,44-42-. The van der Waals surface area contributed by atoms with Crippen LogP contribution in [0.5, 0.6) is 0 Å². The van der Waals surface area contributed by atoms with Gasteiger partial charge in [0.25, 0.3) is 0 Å². The molecule has 582 valence electrons. The fraction of sp³-hybridized carbons (Fsp3) is 0.663. The van der Waals surface area contributed by atoms with Crippen molar-refractivity contribution in [3.63, 3.8) is 0 Å². The number of carbonyl (C=O) groups excluding carboxylic acids is 4. The summed E-state index contributed by atoms with van der Waals surface area (Å²) in [6.45, 7) is 4.42. The molecule has 0 aliphatic rings. The second kappa shape index (κ2) is 74.2. The number of ether oxygens (including phenoxy) is 4. The molecule has 0 aliphatic heterocycles. The Morgan fingerprint density at radius 2 is 0.510 bits per heavy atom. The van der Waals surface area contributed by atoms with E-state index in [2.05, 4.69) is 174 Å². The van der Waals surface area contributed by atoms with Crippen molar-refractivity contribution in [2.75, 3.05) is 39.6 Å². The first-order chi connectivity index (χ1) is 49.7. The Morgan fingerprint density at radius 1 is 0.284 bits per heavy atom. The van der Waals surface area contributed by atoms with Gasteiger partial charge in [0.15, 0.2) is 12.2 Å². The van der Waals surface area contributed by atoms with Crippen LogP contribution in [0.1, 0.15) is 297 Å². The van der Waals surface area contributed by atoms with Crippen molar-refractivity contribution >= 4 is 39.5 Å². The van der Waals surface area contributed by atoms with Crippen molar-refractivity contribution in [2.24, 2.45) is 0 Å². The lowest BCUT2D eigenvalue weighted by atomic mass is 10.1. The molecule has 0 saturated carbocycles. The minimum absolute atomic E-state index is 0.0656. The lowest BCUT2D eigenvalue weighted by Crippen LogP contribution is -2.30. The molecule has 17 nitrogen and oxygen atoms in total. The van der Waals surface area contributed by atoms with E-state index < -0.39 is 97.5 Å². The summed E-state index contributed by atoms with van der Waals surface area (Å²) >= 11 is 0. The summed E-state index contributed by atoms with van der Waals surface area (Å²) in [6.07, 6.45) is 84.0. The predicted molar refractivity (Wildman–Crippen MR) is 417 cm³/mol. The third-order valence-corrected chi connectivity index (χ3v) is 17.7. The topological polar surface area (TPSA) is 237 Å². The van der Waals surface area contributed by atoms with Gasteiger partial charge in [-0.15, -0.1) is 0 Å². The summed E-state index contributed by atoms with van der Waals surface area (Å²) < 4.78 is 68.5. The van der Waals surface area contributed by atoms with E-state index >= 15 is 0 Å². The van der Waals surface area contributed by atoms with Gasteiger partial charge in [-0.2, -0.15) is 0 Å². The lowest BCUT2D eigenvalue weighted by molar-refractivity contribution is -0.161. The Kier molecular flexibility index (Phi) is 70.5. The van der Waals surface area contributed by atoms with E-state index in [1.54, 1.807) is 0 Å². The molecule has 0 aliphatic carbocycles. The smallest absolute Gasteiger partial charge is 0.462 e. The Hall–Kier alpha value is -5.06. The first-order valence-electron chi connectivity index (χ1n) is 39.1. The Balaban J connectivity index is 5.37. The van der Waals surface area contributed by atoms with Crippen LogP contribution in [0.2, 0.25) is 0 Å². The van der Waals surface area contributed by atoms with Crippen molar-refractivity contribution < 1.29 is 80.2 Å². The molecule has 5 atom stereocenters. The molecule has 0 amide bonds. The highest BCUT2D eigenvalue weighted by Crippen LogP contribution is 2.45. The maximum absolute atomic E-state index is 13.1. The van der Waals surface area contributed by atoms with Crippen molar-refractivity contribution in [2.45, 2.75) is 316 Å². The third-order valence-electron chi connectivity index (χ3n) is 15.8. The molecule has 0 aromatic rings. The van der Waals surface area contributed by atoms with Gasteiger partial charge in [0.05, 0.1) is 26.4 Å². The highest BCUT2D eigenvalue weighted by atomic mass is 31.2. The highest BCUT2D eigenvalue weighted by molar-refractivity contribution is 7.47. The van der Waals surface area contributed by atoms with Crippen LogP contribution in [0.3, 0.4) is 0 Å². The summed E-state index contributed by atoms with van der Waals surface area (Å²) in [5, 5.41) is 10.6. The zero-order chi connectivity index (χ0) is 74.6. The van der Waals surface area contributed by atoms with Gasteiger partial charge in [0, 0.05) is 25.7 Å². The summed E-state index contributed by atoms with van der Waals surface area (Å²) in [5.41, 5.74) is 0.